The molecule has 0 aliphatic carbocycles. The van der Waals surface area contributed by atoms with E-state index in [1.165, 1.54) is 24.3 Å². The van der Waals surface area contributed by atoms with Gasteiger partial charge >= 0.3 is 0 Å². The van der Waals surface area contributed by atoms with Gasteiger partial charge in [-0.1, -0.05) is 23.7 Å². The Morgan fingerprint density at radius 1 is 1.03 bits per heavy atom. The lowest BCUT2D eigenvalue weighted by Gasteiger charge is -2.24. The van der Waals surface area contributed by atoms with Crippen molar-refractivity contribution < 1.29 is 22.0 Å². The average Bonchev–Trinajstić information content (AvgIpc) is 2.68. The van der Waals surface area contributed by atoms with Gasteiger partial charge in [0.05, 0.1) is 16.3 Å². The zero-order valence-electron chi connectivity index (χ0n) is 15.8. The molecule has 0 saturated heterocycles. The summed E-state index contributed by atoms with van der Waals surface area (Å²) in [5, 5.41) is 2.64. The fourth-order valence-corrected chi connectivity index (χ4v) is 4.28. The van der Waals surface area contributed by atoms with Crippen molar-refractivity contribution in [2.45, 2.75) is 11.8 Å². The van der Waals surface area contributed by atoms with Crippen molar-refractivity contribution in [3.63, 3.8) is 0 Å². The molecule has 30 heavy (non-hydrogen) atoms. The topological polar surface area (TPSA) is 66.5 Å². The van der Waals surface area contributed by atoms with Crippen LogP contribution in [0.25, 0.3) is 0 Å². The van der Waals surface area contributed by atoms with Gasteiger partial charge < -0.3 is 5.32 Å². The molecule has 0 aromatic heterocycles. The molecule has 0 saturated carbocycles. The molecule has 1 N–H and O–H groups in total. The number of rotatable bonds is 6. The second-order valence-electron chi connectivity index (χ2n) is 6.48. The molecule has 3 aromatic carbocycles. The van der Waals surface area contributed by atoms with Crippen LogP contribution in [0.5, 0.6) is 0 Å². The number of amides is 1. The molecule has 0 radical (unpaired) electrons. The van der Waals surface area contributed by atoms with Gasteiger partial charge in [0.1, 0.15) is 18.2 Å². The number of aryl methyl sites for hydroxylation is 1. The van der Waals surface area contributed by atoms with Crippen LogP contribution in [0.1, 0.15) is 5.56 Å². The summed E-state index contributed by atoms with van der Waals surface area (Å²) in [7, 11) is -4.13. The number of carbonyl (C=O) groups is 1. The van der Waals surface area contributed by atoms with Crippen LogP contribution in [0.2, 0.25) is 5.02 Å². The van der Waals surface area contributed by atoms with E-state index >= 15 is 0 Å². The Kier molecular flexibility index (Phi) is 6.38. The van der Waals surface area contributed by atoms with E-state index in [2.05, 4.69) is 5.32 Å². The first-order valence-electron chi connectivity index (χ1n) is 8.77. The maximum absolute atomic E-state index is 13.9. The van der Waals surface area contributed by atoms with Crippen molar-refractivity contribution in [2.24, 2.45) is 0 Å². The highest BCUT2D eigenvalue weighted by molar-refractivity contribution is 7.92. The number of benzene rings is 3. The van der Waals surface area contributed by atoms with Crippen LogP contribution in [-0.2, 0) is 14.8 Å². The quantitative estimate of drug-likeness (QED) is 0.588. The highest BCUT2D eigenvalue weighted by atomic mass is 35.5. The predicted octanol–water partition coefficient (Wildman–Crippen LogP) is 4.76. The van der Waals surface area contributed by atoms with Crippen molar-refractivity contribution >= 4 is 38.9 Å². The maximum Gasteiger partial charge on any atom is 0.264 e. The second kappa shape index (κ2) is 8.81. The summed E-state index contributed by atoms with van der Waals surface area (Å²) < 4.78 is 54.3. The SMILES string of the molecule is Cc1cccc(N(CC(=O)Nc2ccc(F)cc2F)S(=O)(=O)c2ccc(Cl)cc2)c1. The van der Waals surface area contributed by atoms with Crippen LogP contribution in [0.4, 0.5) is 20.2 Å². The van der Waals surface area contributed by atoms with Crippen molar-refractivity contribution in [3.8, 4) is 0 Å². The van der Waals surface area contributed by atoms with Gasteiger partial charge in [-0.25, -0.2) is 17.2 Å². The molecular formula is C21H17ClF2N2O3S. The lowest BCUT2D eigenvalue weighted by molar-refractivity contribution is -0.114. The van der Waals surface area contributed by atoms with E-state index in [9.17, 15) is 22.0 Å². The zero-order valence-corrected chi connectivity index (χ0v) is 17.3. The molecule has 0 aliphatic rings. The van der Waals surface area contributed by atoms with E-state index in [0.29, 0.717) is 11.1 Å². The van der Waals surface area contributed by atoms with Gasteiger partial charge in [0.25, 0.3) is 10.0 Å². The third kappa shape index (κ3) is 4.95. The van der Waals surface area contributed by atoms with Crippen LogP contribution in [0.3, 0.4) is 0 Å². The van der Waals surface area contributed by atoms with E-state index < -0.39 is 34.1 Å². The fourth-order valence-electron chi connectivity index (χ4n) is 2.74. The van der Waals surface area contributed by atoms with E-state index in [1.807, 2.05) is 0 Å². The fraction of sp³-hybridized carbons (Fsp3) is 0.0952. The summed E-state index contributed by atoms with van der Waals surface area (Å²) in [6.07, 6.45) is 0. The number of sulfonamides is 1. The van der Waals surface area contributed by atoms with Gasteiger partial charge in [-0.05, 0) is 61.0 Å². The molecular weight excluding hydrogens is 434 g/mol. The molecule has 5 nitrogen and oxygen atoms in total. The number of nitrogens with one attached hydrogen (secondary N) is 1. The van der Waals surface area contributed by atoms with Crippen LogP contribution in [-0.4, -0.2) is 20.9 Å². The van der Waals surface area contributed by atoms with Crippen LogP contribution in [0, 0.1) is 18.6 Å². The summed E-state index contributed by atoms with van der Waals surface area (Å²) >= 11 is 5.84. The van der Waals surface area contributed by atoms with Crippen molar-refractivity contribution in [1.29, 1.82) is 0 Å². The van der Waals surface area contributed by atoms with Gasteiger partial charge in [-0.3, -0.25) is 9.10 Å². The third-order valence-corrected chi connectivity index (χ3v) is 6.22. The molecule has 0 bridgehead atoms. The summed E-state index contributed by atoms with van der Waals surface area (Å²) in [6, 6.07) is 14.8. The van der Waals surface area contributed by atoms with Crippen molar-refractivity contribution in [2.75, 3.05) is 16.2 Å². The number of hydrogen-bond donors (Lipinski definition) is 1. The summed E-state index contributed by atoms with van der Waals surface area (Å²) in [5.41, 5.74) is 0.794. The highest BCUT2D eigenvalue weighted by Crippen LogP contribution is 2.26. The Morgan fingerprint density at radius 2 is 1.73 bits per heavy atom. The number of anilines is 2. The molecule has 0 unspecified atom stereocenters. The minimum Gasteiger partial charge on any atom is -0.322 e. The van der Waals surface area contributed by atoms with Crippen LogP contribution >= 0.6 is 11.6 Å². The lowest BCUT2D eigenvalue weighted by Crippen LogP contribution is -2.38. The molecule has 156 valence electrons. The highest BCUT2D eigenvalue weighted by Gasteiger charge is 2.27. The molecule has 0 spiro atoms. The predicted molar refractivity (Wildman–Crippen MR) is 112 cm³/mol. The molecule has 3 aromatic rings. The Hall–Kier alpha value is -2.97. The lowest BCUT2D eigenvalue weighted by atomic mass is 10.2. The molecule has 0 atom stereocenters. The average molecular weight is 451 g/mol. The van der Waals surface area contributed by atoms with E-state index in [1.54, 1.807) is 31.2 Å². The summed E-state index contributed by atoms with van der Waals surface area (Å²) in [4.78, 5) is 12.5. The van der Waals surface area contributed by atoms with Gasteiger partial charge in [-0.2, -0.15) is 0 Å². The van der Waals surface area contributed by atoms with Crippen molar-refractivity contribution in [3.05, 3.63) is 89.0 Å². The Labute approximate surface area is 178 Å². The smallest absolute Gasteiger partial charge is 0.264 e. The largest absolute Gasteiger partial charge is 0.322 e. The molecule has 9 heteroatoms. The van der Waals surface area contributed by atoms with Crippen LogP contribution in [0.15, 0.2) is 71.6 Å². The second-order valence-corrected chi connectivity index (χ2v) is 8.78. The molecule has 0 fully saturated rings. The zero-order chi connectivity index (χ0) is 21.9. The van der Waals surface area contributed by atoms with Gasteiger partial charge in [0, 0.05) is 11.1 Å². The monoisotopic (exact) mass is 450 g/mol. The molecule has 0 aliphatic heterocycles. The number of nitrogens with zero attached hydrogens (tertiary/aromatic N) is 1. The molecule has 1 amide bonds. The third-order valence-electron chi connectivity index (χ3n) is 4.18. The van der Waals surface area contributed by atoms with E-state index in [4.69, 9.17) is 11.6 Å². The first kappa shape index (κ1) is 21.7. The Morgan fingerprint density at radius 3 is 2.37 bits per heavy atom. The summed E-state index contributed by atoms with van der Waals surface area (Å²) in [5.74, 6) is -2.55. The first-order valence-corrected chi connectivity index (χ1v) is 10.6. The number of carbonyl (C=O) groups excluding carboxylic acids is 1. The minimum atomic E-state index is -4.13. The minimum absolute atomic E-state index is 0.0610. The van der Waals surface area contributed by atoms with E-state index in [-0.39, 0.29) is 16.3 Å². The molecule has 0 heterocycles. The number of hydrogen-bond acceptors (Lipinski definition) is 3. The van der Waals surface area contributed by atoms with Crippen molar-refractivity contribution in [1.82, 2.24) is 0 Å². The van der Waals surface area contributed by atoms with Gasteiger partial charge in [0.2, 0.25) is 5.91 Å². The first-order chi connectivity index (χ1) is 14.2. The normalized spacial score (nSPS) is 11.2. The van der Waals surface area contributed by atoms with Gasteiger partial charge in [0.15, 0.2) is 0 Å². The van der Waals surface area contributed by atoms with Crippen LogP contribution < -0.4 is 9.62 Å². The van der Waals surface area contributed by atoms with Gasteiger partial charge in [-0.15, -0.1) is 0 Å². The Bertz CT molecular complexity index is 1190. The maximum atomic E-state index is 13.9. The Balaban J connectivity index is 1.95. The summed E-state index contributed by atoms with van der Waals surface area (Å²) in [6.45, 7) is 1.16. The van der Waals surface area contributed by atoms with E-state index in [0.717, 1.165) is 22.0 Å². The standard InChI is InChI=1S/C21H17ClF2N2O3S/c1-14-3-2-4-17(11-14)26(30(28,29)18-8-5-15(22)6-9-18)13-21(27)25-20-10-7-16(23)12-19(20)24/h2-12H,13H2,1H3,(H,25,27). The number of halogens is 3. The molecule has 3 rings (SSSR count).